The fourth-order valence-corrected chi connectivity index (χ4v) is 6.45. The fraction of sp³-hybridized carbons (Fsp3) is 0.211. The van der Waals surface area contributed by atoms with Gasteiger partial charge in [-0.05, 0) is 58.1 Å². The third-order valence-corrected chi connectivity index (χ3v) is 8.77. The summed E-state index contributed by atoms with van der Waals surface area (Å²) in [6.45, 7) is 4.48. The van der Waals surface area contributed by atoms with Crippen LogP contribution in [-0.2, 0) is 29.1 Å². The number of carbonyl (C=O) groups is 4. The van der Waals surface area contributed by atoms with Gasteiger partial charge in [0, 0.05) is 26.1 Å². The van der Waals surface area contributed by atoms with Crippen molar-refractivity contribution in [3.05, 3.63) is 138 Å². The van der Waals surface area contributed by atoms with Gasteiger partial charge in [-0.25, -0.2) is 19.6 Å². The third-order valence-electron chi connectivity index (χ3n) is 8.77. The summed E-state index contributed by atoms with van der Waals surface area (Å²) in [4.78, 5) is 56.9. The lowest BCUT2D eigenvalue weighted by atomic mass is 9.97. The van der Waals surface area contributed by atoms with Crippen LogP contribution in [0.4, 0.5) is 4.79 Å². The van der Waals surface area contributed by atoms with Crippen LogP contribution in [0.1, 0.15) is 27.0 Å². The minimum atomic E-state index is -1.02. The lowest BCUT2D eigenvalue weighted by molar-refractivity contribution is -0.189. The number of phenols is 1. The van der Waals surface area contributed by atoms with Crippen LogP contribution in [0.25, 0.3) is 11.1 Å². The van der Waals surface area contributed by atoms with Gasteiger partial charge in [0.05, 0.1) is 18.7 Å². The van der Waals surface area contributed by atoms with Gasteiger partial charge in [0.1, 0.15) is 18.0 Å². The van der Waals surface area contributed by atoms with Crippen molar-refractivity contribution in [3.8, 4) is 16.9 Å². The molecule has 0 bridgehead atoms. The maximum atomic E-state index is 14.3. The van der Waals surface area contributed by atoms with E-state index in [0.29, 0.717) is 0 Å². The number of carboxylic acids is 1. The van der Waals surface area contributed by atoms with Crippen molar-refractivity contribution in [1.82, 2.24) is 25.1 Å². The van der Waals surface area contributed by atoms with Gasteiger partial charge in [-0.2, -0.15) is 0 Å². The molecule has 250 valence electrons. The monoisotopic (exact) mass is 659 g/mol. The summed E-state index contributed by atoms with van der Waals surface area (Å²) in [5.74, 6) is -1.48. The number of urea groups is 1. The molecule has 0 aromatic heterocycles. The molecular weight excluding hydrogens is 622 g/mol. The number of aromatic carboxylic acids is 1. The molecule has 4 aromatic rings. The number of carbonyl (C=O) groups excluding carboxylic acids is 3. The van der Waals surface area contributed by atoms with Crippen molar-refractivity contribution in [3.63, 3.8) is 0 Å². The summed E-state index contributed by atoms with van der Waals surface area (Å²) in [5.41, 5.74) is 4.15. The number of nitrogens with one attached hydrogen (secondary N) is 1. The maximum absolute atomic E-state index is 14.3. The molecule has 0 aliphatic carbocycles. The maximum Gasteiger partial charge on any atom is 0.335 e. The Bertz CT molecular complexity index is 1860. The molecule has 2 fully saturated rings. The van der Waals surface area contributed by atoms with Gasteiger partial charge in [0.25, 0.3) is 0 Å². The van der Waals surface area contributed by atoms with Crippen molar-refractivity contribution in [1.29, 1.82) is 0 Å². The summed E-state index contributed by atoms with van der Waals surface area (Å²) in [6, 6.07) is 28.9. The first-order chi connectivity index (χ1) is 23.7. The Labute approximate surface area is 284 Å². The molecule has 6 rings (SSSR count). The number of fused-ring (bicyclic) bond motifs is 1. The molecule has 11 heteroatoms. The van der Waals surface area contributed by atoms with Crippen molar-refractivity contribution >= 4 is 23.8 Å². The Hall–Kier alpha value is -5.94. The van der Waals surface area contributed by atoms with Crippen LogP contribution in [0.15, 0.2) is 116 Å². The molecule has 0 spiro atoms. The smallest absolute Gasteiger partial charge is 0.335 e. The van der Waals surface area contributed by atoms with E-state index in [1.807, 2.05) is 60.7 Å². The zero-order chi connectivity index (χ0) is 34.5. The van der Waals surface area contributed by atoms with Gasteiger partial charge in [0.15, 0.2) is 0 Å². The first-order valence-electron chi connectivity index (χ1n) is 16.0. The summed E-state index contributed by atoms with van der Waals surface area (Å²) in [7, 11) is 0. The normalized spacial score (nSPS) is 17.8. The minimum absolute atomic E-state index is 0.0573. The van der Waals surface area contributed by atoms with E-state index in [1.165, 1.54) is 28.1 Å². The lowest BCUT2D eigenvalue weighted by Crippen LogP contribution is -2.76. The summed E-state index contributed by atoms with van der Waals surface area (Å²) < 4.78 is 0. The number of rotatable bonds is 10. The van der Waals surface area contributed by atoms with E-state index in [4.69, 9.17) is 0 Å². The van der Waals surface area contributed by atoms with Crippen LogP contribution < -0.4 is 5.32 Å². The highest BCUT2D eigenvalue weighted by Gasteiger charge is 2.51. The number of nitrogens with zero attached hydrogens (tertiary/aromatic N) is 4. The molecule has 49 heavy (non-hydrogen) atoms. The average Bonchev–Trinajstić information content (AvgIpc) is 3.10. The second-order valence-electron chi connectivity index (χ2n) is 12.1. The van der Waals surface area contributed by atoms with Crippen LogP contribution in [0.5, 0.6) is 5.75 Å². The molecule has 4 aromatic carbocycles. The topological polar surface area (TPSA) is 134 Å². The number of carboxylic acid groups (broad SMARTS) is 1. The van der Waals surface area contributed by atoms with Crippen molar-refractivity contribution in [2.45, 2.75) is 31.7 Å². The number of piperazine rings is 1. The molecule has 11 nitrogen and oxygen atoms in total. The zero-order valence-electron chi connectivity index (χ0n) is 26.8. The van der Waals surface area contributed by atoms with Crippen molar-refractivity contribution in [2.24, 2.45) is 0 Å². The van der Waals surface area contributed by atoms with Crippen LogP contribution in [0.2, 0.25) is 0 Å². The highest BCUT2D eigenvalue weighted by molar-refractivity contribution is 5.92. The number of benzene rings is 4. The molecule has 2 unspecified atom stereocenters. The fourth-order valence-electron chi connectivity index (χ4n) is 6.45. The van der Waals surface area contributed by atoms with Crippen LogP contribution in [0, 0.1) is 0 Å². The number of hydrogen-bond donors (Lipinski definition) is 3. The SMILES string of the molecule is C=CCN1CC(=O)N2C(Cc3ccc(O)cc3)C(=O)N(Cc3cccc(-c4cccc(C(=O)O)c4)c3)CC2N1C(=O)NCc1ccccc1. The van der Waals surface area contributed by atoms with Crippen LogP contribution in [0.3, 0.4) is 0 Å². The lowest BCUT2D eigenvalue weighted by Gasteiger charge is -2.55. The van der Waals surface area contributed by atoms with Gasteiger partial charge >= 0.3 is 12.0 Å². The third kappa shape index (κ3) is 7.31. The molecule has 2 aliphatic heterocycles. The van der Waals surface area contributed by atoms with Crippen molar-refractivity contribution < 1.29 is 29.4 Å². The number of hydrogen-bond acceptors (Lipinski definition) is 6. The molecule has 2 atom stereocenters. The summed E-state index contributed by atoms with van der Waals surface area (Å²) in [5, 5.41) is 25.5. The van der Waals surface area contributed by atoms with Gasteiger partial charge < -0.3 is 25.3 Å². The van der Waals surface area contributed by atoms with E-state index in [0.717, 1.165) is 27.8 Å². The second-order valence-corrected chi connectivity index (χ2v) is 12.1. The zero-order valence-corrected chi connectivity index (χ0v) is 26.8. The predicted octanol–water partition coefficient (Wildman–Crippen LogP) is 4.49. The molecule has 4 amide bonds. The molecule has 0 saturated carbocycles. The number of hydrazine groups is 1. The molecular formula is C38H37N5O6. The molecule has 3 N–H and O–H groups in total. The van der Waals surface area contributed by atoms with Crippen molar-refractivity contribution in [2.75, 3.05) is 19.6 Å². The number of phenolic OH excluding ortho intramolecular Hbond substituents is 1. The minimum Gasteiger partial charge on any atom is -0.508 e. The van der Waals surface area contributed by atoms with E-state index in [2.05, 4.69) is 11.9 Å². The largest absolute Gasteiger partial charge is 0.508 e. The Morgan fingerprint density at radius 1 is 0.857 bits per heavy atom. The average molecular weight is 660 g/mol. The molecule has 0 radical (unpaired) electrons. The summed E-state index contributed by atoms with van der Waals surface area (Å²) >= 11 is 0. The number of aromatic hydroxyl groups is 1. The second kappa shape index (κ2) is 14.4. The van der Waals surface area contributed by atoms with Crippen LogP contribution >= 0.6 is 0 Å². The Balaban J connectivity index is 1.34. The molecule has 2 aliphatic rings. The van der Waals surface area contributed by atoms with Gasteiger partial charge in [-0.15, -0.1) is 6.58 Å². The van der Waals surface area contributed by atoms with E-state index < -0.39 is 24.2 Å². The Kier molecular flexibility index (Phi) is 9.72. The van der Waals surface area contributed by atoms with E-state index >= 15 is 0 Å². The van der Waals surface area contributed by atoms with E-state index in [1.54, 1.807) is 40.3 Å². The standard InChI is InChI=1S/C38H37N5O6/c1-2-18-41-25-35(45)42-33(20-26-14-16-32(44)17-15-26)36(46)40(24-34(42)43(41)38(49)39-22-27-8-4-3-5-9-27)23-28-10-6-11-29(19-28)30-12-7-13-31(21-30)37(47)48/h2-17,19,21,33-34,44H,1,18,20,22-25H2,(H,39,49)(H,47,48). The van der Waals surface area contributed by atoms with Crippen LogP contribution in [-0.4, -0.2) is 85.7 Å². The molecule has 2 saturated heterocycles. The molecule has 2 heterocycles. The first-order valence-corrected chi connectivity index (χ1v) is 16.0. The summed E-state index contributed by atoms with van der Waals surface area (Å²) in [6.07, 6.45) is 0.998. The highest BCUT2D eigenvalue weighted by Crippen LogP contribution is 2.30. The van der Waals surface area contributed by atoms with Gasteiger partial charge in [-0.3, -0.25) is 9.59 Å². The Morgan fingerprint density at radius 3 is 2.27 bits per heavy atom. The number of amides is 4. The van der Waals surface area contributed by atoms with Gasteiger partial charge in [0.2, 0.25) is 11.8 Å². The van der Waals surface area contributed by atoms with Gasteiger partial charge in [-0.1, -0.05) is 78.9 Å². The van der Waals surface area contributed by atoms with E-state index in [-0.39, 0.29) is 62.3 Å². The predicted molar refractivity (Wildman–Crippen MR) is 183 cm³/mol. The quantitative estimate of drug-likeness (QED) is 0.214. The first kappa shape index (κ1) is 33.0. The highest BCUT2D eigenvalue weighted by atomic mass is 16.4. The Morgan fingerprint density at radius 2 is 1.55 bits per heavy atom. The van der Waals surface area contributed by atoms with E-state index in [9.17, 15) is 29.4 Å².